The van der Waals surface area contributed by atoms with Gasteiger partial charge in [0.15, 0.2) is 0 Å². The van der Waals surface area contributed by atoms with Gasteiger partial charge in [-0.05, 0) is 25.1 Å². The molecule has 2 rings (SSSR count). The smallest absolute Gasteiger partial charge is 0.354 e. The molecular weight excluding hydrogens is 278 g/mol. The summed E-state index contributed by atoms with van der Waals surface area (Å²) in [6.45, 7) is 1.73. The Morgan fingerprint density at radius 2 is 2.10 bits per heavy atom. The van der Waals surface area contributed by atoms with Crippen LogP contribution in [0.25, 0.3) is 0 Å². The normalized spacial score (nSPS) is 10.2. The number of carboxylic acids is 1. The lowest BCUT2D eigenvalue weighted by Crippen LogP contribution is -2.15. The molecule has 0 fully saturated rings. The highest BCUT2D eigenvalue weighted by atomic mass is 32.2. The summed E-state index contributed by atoms with van der Waals surface area (Å²) in [5.41, 5.74) is 0.958. The van der Waals surface area contributed by atoms with Crippen molar-refractivity contribution in [3.05, 3.63) is 42.0 Å². The summed E-state index contributed by atoms with van der Waals surface area (Å²) in [6.07, 6.45) is 3.30. The fourth-order valence-corrected chi connectivity index (χ4v) is 2.31. The number of nitrogens with zero attached hydrogens (tertiary/aromatic N) is 1. The predicted octanol–water partition coefficient (Wildman–Crippen LogP) is 2.15. The van der Waals surface area contributed by atoms with E-state index in [2.05, 4.69) is 15.3 Å². The molecule has 0 radical (unpaired) electrons. The molecule has 0 saturated heterocycles. The van der Waals surface area contributed by atoms with Gasteiger partial charge in [-0.1, -0.05) is 0 Å². The van der Waals surface area contributed by atoms with E-state index >= 15 is 0 Å². The van der Waals surface area contributed by atoms with Gasteiger partial charge in [0.1, 0.15) is 5.69 Å². The lowest BCUT2D eigenvalue weighted by Gasteiger charge is -2.04. The van der Waals surface area contributed by atoms with Crippen LogP contribution in [0.15, 0.2) is 35.5 Å². The third-order valence-corrected chi connectivity index (χ3v) is 3.47. The topological polar surface area (TPSA) is 95.1 Å². The van der Waals surface area contributed by atoms with E-state index in [4.69, 9.17) is 5.11 Å². The number of rotatable bonds is 5. The molecule has 0 atom stereocenters. The molecule has 0 spiro atoms. The molecule has 3 N–H and O–H groups in total. The summed E-state index contributed by atoms with van der Waals surface area (Å²) in [5.74, 6) is -1.16. The lowest BCUT2D eigenvalue weighted by atomic mass is 10.3. The van der Waals surface area contributed by atoms with Gasteiger partial charge in [-0.25, -0.2) is 4.79 Å². The molecule has 0 aliphatic rings. The van der Waals surface area contributed by atoms with Crippen molar-refractivity contribution in [2.45, 2.75) is 11.8 Å². The molecule has 2 aromatic heterocycles. The van der Waals surface area contributed by atoms with Gasteiger partial charge in [0.25, 0.3) is 0 Å². The number of nitrogens with one attached hydrogen (secondary N) is 2. The molecule has 6 nitrogen and oxygen atoms in total. The highest BCUT2D eigenvalue weighted by molar-refractivity contribution is 8.00. The summed E-state index contributed by atoms with van der Waals surface area (Å²) in [6, 6.07) is 5.21. The molecule has 0 aromatic carbocycles. The number of aromatic carboxylic acids is 1. The minimum Gasteiger partial charge on any atom is -0.477 e. The van der Waals surface area contributed by atoms with E-state index in [0.29, 0.717) is 5.69 Å². The Bertz CT molecular complexity index is 625. The van der Waals surface area contributed by atoms with Crippen LogP contribution in [0.4, 0.5) is 5.69 Å². The summed E-state index contributed by atoms with van der Waals surface area (Å²) >= 11 is 1.36. The number of carbonyl (C=O) groups excluding carboxylic acids is 1. The molecule has 0 saturated carbocycles. The number of amides is 1. The van der Waals surface area contributed by atoms with Crippen molar-refractivity contribution >= 4 is 29.3 Å². The van der Waals surface area contributed by atoms with Crippen molar-refractivity contribution in [3.8, 4) is 0 Å². The molecule has 2 aromatic rings. The molecular formula is C13H13N3O3S. The van der Waals surface area contributed by atoms with Crippen molar-refractivity contribution < 1.29 is 14.7 Å². The number of pyridine rings is 1. The second kappa shape index (κ2) is 6.25. The molecule has 0 bridgehead atoms. The number of hydrogen-bond acceptors (Lipinski definition) is 4. The Balaban J connectivity index is 1.96. The number of aromatic nitrogens is 2. The van der Waals surface area contributed by atoms with Crippen LogP contribution in [0.2, 0.25) is 0 Å². The molecule has 0 aliphatic heterocycles. The van der Waals surface area contributed by atoms with E-state index in [-0.39, 0.29) is 23.0 Å². The molecule has 0 unspecified atom stereocenters. The Morgan fingerprint density at radius 1 is 1.40 bits per heavy atom. The summed E-state index contributed by atoms with van der Waals surface area (Å²) < 4.78 is 0. The first-order chi connectivity index (χ1) is 9.56. The number of aromatic amines is 1. The highest BCUT2D eigenvalue weighted by Crippen LogP contribution is 2.19. The van der Waals surface area contributed by atoms with Gasteiger partial charge in [-0.15, -0.1) is 11.8 Å². The average molecular weight is 291 g/mol. The number of H-pyrrole nitrogens is 1. The quantitative estimate of drug-likeness (QED) is 0.734. The molecule has 0 aliphatic carbocycles. The Labute approximate surface area is 119 Å². The van der Waals surface area contributed by atoms with Crippen molar-refractivity contribution in [3.63, 3.8) is 0 Å². The maximum absolute atomic E-state index is 11.8. The third-order valence-electron chi connectivity index (χ3n) is 2.46. The van der Waals surface area contributed by atoms with Crippen molar-refractivity contribution in [2.75, 3.05) is 11.1 Å². The second-order valence-electron chi connectivity index (χ2n) is 4.07. The maximum Gasteiger partial charge on any atom is 0.354 e. The van der Waals surface area contributed by atoms with Crippen LogP contribution in [-0.4, -0.2) is 32.7 Å². The van der Waals surface area contributed by atoms with E-state index in [9.17, 15) is 9.59 Å². The molecule has 2 heterocycles. The predicted molar refractivity (Wildman–Crippen MR) is 76.1 cm³/mol. The number of hydrogen-bond donors (Lipinski definition) is 3. The molecule has 1 amide bonds. The Kier molecular flexibility index (Phi) is 4.41. The van der Waals surface area contributed by atoms with Gasteiger partial charge < -0.3 is 15.4 Å². The van der Waals surface area contributed by atoms with E-state index in [0.717, 1.165) is 4.90 Å². The monoisotopic (exact) mass is 291 g/mol. The number of carboxylic acid groups (broad SMARTS) is 1. The van der Waals surface area contributed by atoms with Crippen LogP contribution < -0.4 is 5.32 Å². The van der Waals surface area contributed by atoms with Crippen LogP contribution in [0.5, 0.6) is 0 Å². The Morgan fingerprint density at radius 3 is 2.75 bits per heavy atom. The maximum atomic E-state index is 11.8. The van der Waals surface area contributed by atoms with E-state index in [1.807, 2.05) is 0 Å². The molecule has 7 heteroatoms. The zero-order valence-corrected chi connectivity index (χ0v) is 11.5. The first-order valence-corrected chi connectivity index (χ1v) is 6.80. The van der Waals surface area contributed by atoms with E-state index in [1.165, 1.54) is 11.8 Å². The van der Waals surface area contributed by atoms with Crippen LogP contribution in [-0.2, 0) is 4.79 Å². The highest BCUT2D eigenvalue weighted by Gasteiger charge is 2.15. The van der Waals surface area contributed by atoms with Crippen molar-refractivity contribution in [1.29, 1.82) is 0 Å². The van der Waals surface area contributed by atoms with Gasteiger partial charge in [-0.2, -0.15) is 0 Å². The lowest BCUT2D eigenvalue weighted by molar-refractivity contribution is -0.113. The third kappa shape index (κ3) is 3.61. The van der Waals surface area contributed by atoms with Crippen molar-refractivity contribution in [2.24, 2.45) is 0 Å². The van der Waals surface area contributed by atoms with Gasteiger partial charge in [-0.3, -0.25) is 9.78 Å². The number of carbonyl (C=O) groups is 2. The first kappa shape index (κ1) is 14.1. The zero-order valence-electron chi connectivity index (χ0n) is 10.7. The summed E-state index contributed by atoms with van der Waals surface area (Å²) in [4.78, 5) is 30.3. The van der Waals surface area contributed by atoms with Gasteiger partial charge in [0.05, 0.1) is 11.4 Å². The fraction of sp³-hybridized carbons (Fsp3) is 0.154. The minimum atomic E-state index is -1.10. The summed E-state index contributed by atoms with van der Waals surface area (Å²) in [5, 5.41) is 11.6. The van der Waals surface area contributed by atoms with E-state index < -0.39 is 5.97 Å². The average Bonchev–Trinajstić information content (AvgIpc) is 2.79. The van der Waals surface area contributed by atoms with Gasteiger partial charge in [0, 0.05) is 23.0 Å². The zero-order chi connectivity index (χ0) is 14.5. The fourth-order valence-electron chi connectivity index (χ4n) is 1.63. The largest absolute Gasteiger partial charge is 0.477 e. The minimum absolute atomic E-state index is 0.00948. The van der Waals surface area contributed by atoms with Gasteiger partial charge in [0.2, 0.25) is 5.91 Å². The van der Waals surface area contributed by atoms with Crippen LogP contribution in [0.3, 0.4) is 0 Å². The summed E-state index contributed by atoms with van der Waals surface area (Å²) in [7, 11) is 0. The molecule has 20 heavy (non-hydrogen) atoms. The number of thioether (sulfide) groups is 1. The standard InChI is InChI=1S/C13H13N3O3S/c1-8-6-10(12(15-8)13(18)19)16-11(17)7-20-9-2-4-14-5-3-9/h2-6,15H,7H2,1H3,(H,16,17)(H,18,19). The van der Waals surface area contributed by atoms with Crippen molar-refractivity contribution in [1.82, 2.24) is 9.97 Å². The Hall–Kier alpha value is -2.28. The van der Waals surface area contributed by atoms with Crippen LogP contribution >= 0.6 is 11.8 Å². The van der Waals surface area contributed by atoms with Crippen LogP contribution in [0.1, 0.15) is 16.2 Å². The first-order valence-electron chi connectivity index (χ1n) is 5.82. The SMILES string of the molecule is Cc1cc(NC(=O)CSc2ccncc2)c(C(=O)O)[nH]1. The molecule has 104 valence electrons. The second-order valence-corrected chi connectivity index (χ2v) is 5.11. The number of anilines is 1. The van der Waals surface area contributed by atoms with E-state index in [1.54, 1.807) is 37.5 Å². The number of aryl methyl sites for hydroxylation is 1. The van der Waals surface area contributed by atoms with Gasteiger partial charge >= 0.3 is 5.97 Å². The van der Waals surface area contributed by atoms with Crippen LogP contribution in [0, 0.1) is 6.92 Å².